The quantitative estimate of drug-likeness (QED) is 0.458. The highest BCUT2D eigenvalue weighted by Crippen LogP contribution is 2.23. The van der Waals surface area contributed by atoms with Crippen molar-refractivity contribution in [2.75, 3.05) is 0 Å². The van der Waals surface area contributed by atoms with Crippen molar-refractivity contribution in [1.82, 2.24) is 5.32 Å². The first-order valence-corrected chi connectivity index (χ1v) is 9.03. The molecule has 2 aromatic carbocycles. The molecule has 0 saturated carbocycles. The molecule has 0 spiro atoms. The maximum Gasteiger partial charge on any atom is 0.326 e. The van der Waals surface area contributed by atoms with E-state index in [1.165, 1.54) is 0 Å². The fourth-order valence-electron chi connectivity index (χ4n) is 2.33. The molecule has 0 radical (unpaired) electrons. The average Bonchev–Trinajstić information content (AvgIpc) is 2.60. The second-order valence-electron chi connectivity index (χ2n) is 5.54. The Morgan fingerprint density at radius 3 is 2.33 bits per heavy atom. The molecule has 2 aromatic rings. The Morgan fingerprint density at radius 2 is 1.81 bits per heavy atom. The van der Waals surface area contributed by atoms with Gasteiger partial charge >= 0.3 is 5.97 Å². The second-order valence-corrected chi connectivity index (χ2v) is 7.07. The van der Waals surface area contributed by atoms with Crippen molar-refractivity contribution in [3.63, 3.8) is 0 Å². The number of carboxylic acid groups (broad SMARTS) is 1. The van der Waals surface area contributed by atoms with Crippen molar-refractivity contribution >= 4 is 27.6 Å². The smallest absolute Gasteiger partial charge is 0.326 e. The molecule has 0 aromatic heterocycles. The standard InChI is InChI=1S/C16H15N3O7S/c17-27(25,26)14-9-11(6-7-13(14)19(23)24)15(20)18-12(16(21)22)8-10-4-2-1-3-5-10/h1-7,9,12H,8H2,(H,18,20)(H,21,22)(H2,17,25,26)/t12-/m1/s1. The normalized spacial score (nSPS) is 12.2. The lowest BCUT2D eigenvalue weighted by atomic mass is 10.1. The number of benzene rings is 2. The minimum atomic E-state index is -4.47. The van der Waals surface area contributed by atoms with E-state index >= 15 is 0 Å². The number of nitrogens with two attached hydrogens (primary N) is 1. The van der Waals surface area contributed by atoms with Gasteiger partial charge in [-0.05, 0) is 17.7 Å². The Morgan fingerprint density at radius 1 is 1.19 bits per heavy atom. The van der Waals surface area contributed by atoms with Crippen LogP contribution >= 0.6 is 0 Å². The molecule has 0 aliphatic rings. The summed E-state index contributed by atoms with van der Waals surface area (Å²) in [6.45, 7) is 0. The number of nitrogens with one attached hydrogen (secondary N) is 1. The molecule has 27 heavy (non-hydrogen) atoms. The highest BCUT2D eigenvalue weighted by molar-refractivity contribution is 7.89. The summed E-state index contributed by atoms with van der Waals surface area (Å²) in [5.41, 5.74) is -0.392. The lowest BCUT2D eigenvalue weighted by molar-refractivity contribution is -0.387. The highest BCUT2D eigenvalue weighted by Gasteiger charge is 2.26. The van der Waals surface area contributed by atoms with Crippen LogP contribution < -0.4 is 10.5 Å². The number of hydrogen-bond acceptors (Lipinski definition) is 6. The summed E-state index contributed by atoms with van der Waals surface area (Å²) in [6.07, 6.45) is -0.00304. The molecule has 11 heteroatoms. The first kappa shape index (κ1) is 20.0. The van der Waals surface area contributed by atoms with Crippen molar-refractivity contribution in [3.8, 4) is 0 Å². The highest BCUT2D eigenvalue weighted by atomic mass is 32.2. The number of carbonyl (C=O) groups is 2. The third-order valence-corrected chi connectivity index (χ3v) is 4.55. The van der Waals surface area contributed by atoms with Crippen LogP contribution in [0.4, 0.5) is 5.69 Å². The van der Waals surface area contributed by atoms with Gasteiger partial charge in [-0.2, -0.15) is 0 Å². The van der Waals surface area contributed by atoms with E-state index in [0.717, 1.165) is 18.2 Å². The SMILES string of the molecule is NS(=O)(=O)c1cc(C(=O)N[C@H](Cc2ccccc2)C(=O)O)ccc1[N+](=O)[O-]. The summed E-state index contributed by atoms with van der Waals surface area (Å²) in [7, 11) is -4.47. The molecule has 142 valence electrons. The molecule has 1 atom stereocenters. The zero-order valence-electron chi connectivity index (χ0n) is 13.7. The summed E-state index contributed by atoms with van der Waals surface area (Å²) in [6, 6.07) is 9.85. The van der Waals surface area contributed by atoms with E-state index in [2.05, 4.69) is 5.32 Å². The van der Waals surface area contributed by atoms with Crippen molar-refractivity contribution in [3.05, 3.63) is 69.8 Å². The van der Waals surface area contributed by atoms with Crippen LogP contribution in [0, 0.1) is 10.1 Å². The Bertz CT molecular complexity index is 990. The molecule has 0 unspecified atom stereocenters. The maximum absolute atomic E-state index is 12.3. The molecular formula is C16H15N3O7S. The molecular weight excluding hydrogens is 378 g/mol. The fraction of sp³-hybridized carbons (Fsp3) is 0.125. The predicted octanol–water partition coefficient (Wildman–Crippen LogP) is 0.668. The molecule has 0 aliphatic heterocycles. The van der Waals surface area contributed by atoms with E-state index in [1.807, 2.05) is 0 Å². The number of aliphatic carboxylic acids is 1. The number of amides is 1. The van der Waals surface area contributed by atoms with Gasteiger partial charge in [-0.15, -0.1) is 0 Å². The summed E-state index contributed by atoms with van der Waals surface area (Å²) in [5.74, 6) is -2.20. The van der Waals surface area contributed by atoms with Crippen LogP contribution in [0.3, 0.4) is 0 Å². The summed E-state index contributed by atoms with van der Waals surface area (Å²) in [4.78, 5) is 32.9. The number of nitro groups is 1. The summed E-state index contributed by atoms with van der Waals surface area (Å²) >= 11 is 0. The molecule has 0 bridgehead atoms. The van der Waals surface area contributed by atoms with Gasteiger partial charge in [0.2, 0.25) is 10.0 Å². The van der Waals surface area contributed by atoms with Crippen LogP contribution in [0.1, 0.15) is 15.9 Å². The molecule has 4 N–H and O–H groups in total. The van der Waals surface area contributed by atoms with Gasteiger partial charge in [-0.1, -0.05) is 30.3 Å². The first-order valence-electron chi connectivity index (χ1n) is 7.48. The zero-order valence-corrected chi connectivity index (χ0v) is 14.5. The van der Waals surface area contributed by atoms with Crippen molar-refractivity contribution < 1.29 is 28.0 Å². The predicted molar refractivity (Wildman–Crippen MR) is 93.5 cm³/mol. The number of carboxylic acids is 1. The number of rotatable bonds is 7. The van der Waals surface area contributed by atoms with Gasteiger partial charge in [0.25, 0.3) is 11.6 Å². The summed E-state index contributed by atoms with van der Waals surface area (Å²) in [5, 5.41) is 27.5. The van der Waals surface area contributed by atoms with E-state index in [1.54, 1.807) is 30.3 Å². The third kappa shape index (κ3) is 5.09. The van der Waals surface area contributed by atoms with Gasteiger partial charge in [0.05, 0.1) is 4.92 Å². The minimum Gasteiger partial charge on any atom is -0.480 e. The van der Waals surface area contributed by atoms with Gasteiger partial charge in [0, 0.05) is 18.1 Å². The lowest BCUT2D eigenvalue weighted by Crippen LogP contribution is -2.42. The van der Waals surface area contributed by atoms with Crippen LogP contribution in [0.25, 0.3) is 0 Å². The summed E-state index contributed by atoms with van der Waals surface area (Å²) < 4.78 is 23.1. The Balaban J connectivity index is 2.30. The molecule has 0 saturated heterocycles. The number of nitrogens with zero attached hydrogens (tertiary/aromatic N) is 1. The van der Waals surface area contributed by atoms with Gasteiger partial charge in [-0.3, -0.25) is 14.9 Å². The van der Waals surface area contributed by atoms with E-state index in [-0.39, 0.29) is 12.0 Å². The molecule has 1 amide bonds. The van der Waals surface area contributed by atoms with Crippen LogP contribution in [0.5, 0.6) is 0 Å². The Hall–Kier alpha value is -3.31. The Labute approximate surface area is 153 Å². The minimum absolute atomic E-state index is 0.00304. The van der Waals surface area contributed by atoms with Gasteiger partial charge < -0.3 is 10.4 Å². The molecule has 0 fully saturated rings. The topological polar surface area (TPSA) is 170 Å². The monoisotopic (exact) mass is 393 g/mol. The third-order valence-electron chi connectivity index (χ3n) is 3.61. The van der Waals surface area contributed by atoms with E-state index in [4.69, 9.17) is 5.14 Å². The van der Waals surface area contributed by atoms with Crippen LogP contribution in [0.15, 0.2) is 53.4 Å². The van der Waals surface area contributed by atoms with E-state index in [0.29, 0.717) is 5.56 Å². The van der Waals surface area contributed by atoms with Crippen LogP contribution in [-0.4, -0.2) is 36.4 Å². The fourth-order valence-corrected chi connectivity index (χ4v) is 3.05. The largest absolute Gasteiger partial charge is 0.480 e. The number of nitro benzene ring substituents is 1. The van der Waals surface area contributed by atoms with E-state index < -0.39 is 43.4 Å². The van der Waals surface area contributed by atoms with Gasteiger partial charge in [0.15, 0.2) is 4.90 Å². The number of hydrogen-bond donors (Lipinski definition) is 3. The van der Waals surface area contributed by atoms with Crippen LogP contribution in [-0.2, 0) is 21.2 Å². The van der Waals surface area contributed by atoms with Crippen molar-refractivity contribution in [2.24, 2.45) is 5.14 Å². The maximum atomic E-state index is 12.3. The first-order chi connectivity index (χ1) is 12.6. The molecule has 0 aliphatic carbocycles. The number of sulfonamides is 1. The van der Waals surface area contributed by atoms with Crippen molar-refractivity contribution in [1.29, 1.82) is 0 Å². The van der Waals surface area contributed by atoms with Gasteiger partial charge in [-0.25, -0.2) is 18.4 Å². The molecule has 2 rings (SSSR count). The van der Waals surface area contributed by atoms with E-state index in [9.17, 15) is 33.2 Å². The van der Waals surface area contributed by atoms with Crippen LogP contribution in [0.2, 0.25) is 0 Å². The van der Waals surface area contributed by atoms with Gasteiger partial charge in [0.1, 0.15) is 6.04 Å². The van der Waals surface area contributed by atoms with Crippen molar-refractivity contribution in [2.45, 2.75) is 17.4 Å². The second kappa shape index (κ2) is 7.93. The number of carbonyl (C=O) groups excluding carboxylic acids is 1. The molecule has 10 nitrogen and oxygen atoms in total. The zero-order chi connectivity index (χ0) is 20.2. The number of primary sulfonamides is 1. The molecule has 0 heterocycles. The lowest BCUT2D eigenvalue weighted by Gasteiger charge is -2.15. The Kier molecular flexibility index (Phi) is 5.88. The average molecular weight is 393 g/mol.